The lowest BCUT2D eigenvalue weighted by Gasteiger charge is -2.27. The van der Waals surface area contributed by atoms with Crippen molar-refractivity contribution in [2.75, 3.05) is 0 Å². The van der Waals surface area contributed by atoms with Gasteiger partial charge in [0.1, 0.15) is 5.78 Å². The molecule has 1 aliphatic carbocycles. The number of rotatable bonds is 1. The van der Waals surface area contributed by atoms with Crippen LogP contribution in [0.15, 0.2) is 24.3 Å². The number of Topliss-reactive ketones (excluding diaryl/α,β-unsaturated/α-hetero) is 3. The quantitative estimate of drug-likeness (QED) is 0.714. The van der Waals surface area contributed by atoms with Gasteiger partial charge < -0.3 is 0 Å². The second kappa shape index (κ2) is 4.16. The van der Waals surface area contributed by atoms with Gasteiger partial charge in [0.05, 0.1) is 5.92 Å². The minimum Gasteiger partial charge on any atom is -0.298 e. The second-order valence-corrected chi connectivity index (χ2v) is 5.70. The van der Waals surface area contributed by atoms with Crippen molar-refractivity contribution in [3.05, 3.63) is 35.4 Å². The van der Waals surface area contributed by atoms with E-state index in [0.717, 1.165) is 0 Å². The molecule has 0 aliphatic heterocycles. The Hall–Kier alpha value is -1.77. The van der Waals surface area contributed by atoms with Crippen molar-refractivity contribution in [2.24, 2.45) is 11.3 Å². The van der Waals surface area contributed by atoms with Crippen molar-refractivity contribution in [3.63, 3.8) is 0 Å². The highest BCUT2D eigenvalue weighted by atomic mass is 16.2. The largest absolute Gasteiger partial charge is 0.298 e. The fraction of sp³-hybridized carbons (Fsp3) is 0.400. The Morgan fingerprint density at radius 2 is 1.67 bits per heavy atom. The van der Waals surface area contributed by atoms with Gasteiger partial charge in [-0.25, -0.2) is 0 Å². The van der Waals surface area contributed by atoms with Crippen LogP contribution in [0.5, 0.6) is 0 Å². The standard InChI is InChI=1S/C15H16O3/c1-15(2,3)14(18)11-8-12(16)9-6-4-5-7-10(9)13(11)17/h4-7,11H,8H2,1-3H3/t11-/m1/s1. The van der Waals surface area contributed by atoms with Crippen molar-refractivity contribution in [2.45, 2.75) is 27.2 Å². The van der Waals surface area contributed by atoms with Crippen molar-refractivity contribution in [1.82, 2.24) is 0 Å². The van der Waals surface area contributed by atoms with Crippen LogP contribution in [0.25, 0.3) is 0 Å². The Kier molecular flexibility index (Phi) is 2.93. The number of ketones is 3. The number of benzene rings is 1. The van der Waals surface area contributed by atoms with Crippen molar-refractivity contribution >= 4 is 17.3 Å². The van der Waals surface area contributed by atoms with Crippen molar-refractivity contribution in [1.29, 1.82) is 0 Å². The fourth-order valence-corrected chi connectivity index (χ4v) is 2.25. The zero-order valence-corrected chi connectivity index (χ0v) is 10.8. The van der Waals surface area contributed by atoms with Crippen LogP contribution in [0.4, 0.5) is 0 Å². The molecular formula is C15H16O3. The normalized spacial score (nSPS) is 19.6. The molecule has 0 heterocycles. The molecule has 1 aromatic rings. The van der Waals surface area contributed by atoms with Crippen molar-refractivity contribution < 1.29 is 14.4 Å². The summed E-state index contributed by atoms with van der Waals surface area (Å²) >= 11 is 0. The highest BCUT2D eigenvalue weighted by Crippen LogP contribution is 2.31. The lowest BCUT2D eigenvalue weighted by molar-refractivity contribution is -0.128. The number of hydrogen-bond donors (Lipinski definition) is 0. The minimum atomic E-state index is -0.813. The van der Waals surface area contributed by atoms with Gasteiger partial charge in [0.25, 0.3) is 0 Å². The van der Waals surface area contributed by atoms with Gasteiger partial charge in [-0.15, -0.1) is 0 Å². The molecule has 1 atom stereocenters. The Balaban J connectivity index is 2.44. The Labute approximate surface area is 106 Å². The summed E-state index contributed by atoms with van der Waals surface area (Å²) in [4.78, 5) is 36.5. The van der Waals surface area contributed by atoms with E-state index in [2.05, 4.69) is 0 Å². The Bertz CT molecular complexity index is 535. The van der Waals surface area contributed by atoms with Crippen molar-refractivity contribution in [3.8, 4) is 0 Å². The molecule has 2 rings (SSSR count). The maximum absolute atomic E-state index is 12.3. The van der Waals surface area contributed by atoms with Gasteiger partial charge in [-0.05, 0) is 0 Å². The van der Waals surface area contributed by atoms with E-state index in [4.69, 9.17) is 0 Å². The van der Waals surface area contributed by atoms with E-state index in [9.17, 15) is 14.4 Å². The molecular weight excluding hydrogens is 228 g/mol. The molecule has 94 valence electrons. The van der Waals surface area contributed by atoms with Gasteiger partial charge in [0.2, 0.25) is 0 Å². The molecule has 0 saturated heterocycles. The number of carbonyl (C=O) groups excluding carboxylic acids is 3. The highest BCUT2D eigenvalue weighted by Gasteiger charge is 2.40. The average molecular weight is 244 g/mol. The first-order valence-corrected chi connectivity index (χ1v) is 6.03. The lowest BCUT2D eigenvalue weighted by atomic mass is 9.73. The van der Waals surface area contributed by atoms with Crippen LogP contribution in [0.1, 0.15) is 47.9 Å². The fourth-order valence-electron chi connectivity index (χ4n) is 2.25. The molecule has 1 aliphatic rings. The van der Waals surface area contributed by atoms with Crippen LogP contribution in [-0.2, 0) is 4.79 Å². The molecule has 1 aromatic carbocycles. The van der Waals surface area contributed by atoms with Crippen LogP contribution in [-0.4, -0.2) is 17.3 Å². The van der Waals surface area contributed by atoms with Gasteiger partial charge in [-0.3, -0.25) is 14.4 Å². The molecule has 0 radical (unpaired) electrons. The third kappa shape index (κ3) is 2.01. The molecule has 0 N–H and O–H groups in total. The summed E-state index contributed by atoms with van der Waals surface area (Å²) in [5, 5.41) is 0. The molecule has 0 bridgehead atoms. The molecule has 0 unspecified atom stereocenters. The summed E-state index contributed by atoms with van der Waals surface area (Å²) in [6.07, 6.45) is 0.00590. The molecule has 3 nitrogen and oxygen atoms in total. The van der Waals surface area contributed by atoms with Gasteiger partial charge in [0.15, 0.2) is 11.6 Å². The Morgan fingerprint density at radius 1 is 1.11 bits per heavy atom. The molecule has 0 aromatic heterocycles. The topological polar surface area (TPSA) is 51.2 Å². The summed E-state index contributed by atoms with van der Waals surface area (Å²) < 4.78 is 0. The van der Waals surface area contributed by atoms with Gasteiger partial charge >= 0.3 is 0 Å². The van der Waals surface area contributed by atoms with Crippen LogP contribution in [0.3, 0.4) is 0 Å². The SMILES string of the molecule is CC(C)(C)C(=O)[C@@H]1CC(=O)c2ccccc2C1=O. The number of hydrogen-bond acceptors (Lipinski definition) is 3. The molecule has 0 spiro atoms. The maximum Gasteiger partial charge on any atom is 0.174 e. The van der Waals surface area contributed by atoms with Gasteiger partial charge in [-0.1, -0.05) is 45.0 Å². The Morgan fingerprint density at radius 3 is 2.22 bits per heavy atom. The van der Waals surface area contributed by atoms with E-state index in [1.165, 1.54) is 0 Å². The molecule has 3 heteroatoms. The number of fused-ring (bicyclic) bond motifs is 1. The summed E-state index contributed by atoms with van der Waals surface area (Å²) in [6, 6.07) is 6.72. The van der Waals surface area contributed by atoms with Crippen LogP contribution >= 0.6 is 0 Å². The first-order chi connectivity index (χ1) is 8.32. The van der Waals surface area contributed by atoms with E-state index < -0.39 is 11.3 Å². The van der Waals surface area contributed by atoms with Crippen LogP contribution in [0, 0.1) is 11.3 Å². The van der Waals surface area contributed by atoms with Crippen LogP contribution < -0.4 is 0 Å². The van der Waals surface area contributed by atoms with Crippen LogP contribution in [0.2, 0.25) is 0 Å². The third-order valence-corrected chi connectivity index (χ3v) is 3.25. The first kappa shape index (κ1) is 12.7. The summed E-state index contributed by atoms with van der Waals surface area (Å²) in [6.45, 7) is 5.31. The first-order valence-electron chi connectivity index (χ1n) is 6.03. The maximum atomic E-state index is 12.3. The summed E-state index contributed by atoms with van der Waals surface area (Å²) in [5.74, 6) is -1.30. The zero-order chi connectivity index (χ0) is 13.5. The molecule has 18 heavy (non-hydrogen) atoms. The second-order valence-electron chi connectivity index (χ2n) is 5.70. The number of carbonyl (C=O) groups is 3. The van der Waals surface area contributed by atoms with E-state index in [1.54, 1.807) is 45.0 Å². The predicted octanol–water partition coefficient (Wildman–Crippen LogP) is 2.69. The lowest BCUT2D eigenvalue weighted by Crippen LogP contribution is -2.38. The summed E-state index contributed by atoms with van der Waals surface area (Å²) in [7, 11) is 0. The molecule has 0 saturated carbocycles. The minimum absolute atomic E-state index is 0.00590. The third-order valence-electron chi connectivity index (χ3n) is 3.25. The monoisotopic (exact) mass is 244 g/mol. The van der Waals surface area contributed by atoms with Gasteiger partial charge in [0, 0.05) is 23.0 Å². The van der Waals surface area contributed by atoms with E-state index in [0.29, 0.717) is 11.1 Å². The summed E-state index contributed by atoms with van der Waals surface area (Å²) in [5.41, 5.74) is 0.226. The zero-order valence-electron chi connectivity index (χ0n) is 10.8. The van der Waals surface area contributed by atoms with E-state index >= 15 is 0 Å². The predicted molar refractivity (Wildman–Crippen MR) is 67.7 cm³/mol. The highest BCUT2D eigenvalue weighted by molar-refractivity contribution is 6.22. The van der Waals surface area contributed by atoms with Gasteiger partial charge in [-0.2, -0.15) is 0 Å². The molecule has 0 amide bonds. The van der Waals surface area contributed by atoms with E-state index in [1.807, 2.05) is 0 Å². The smallest absolute Gasteiger partial charge is 0.174 e. The molecule has 0 fully saturated rings. The van der Waals surface area contributed by atoms with E-state index in [-0.39, 0.29) is 23.8 Å². The average Bonchev–Trinajstić information content (AvgIpc) is 2.32.